The molecule has 0 bridgehead atoms. The molecule has 82 valence electrons. The fourth-order valence-electron chi connectivity index (χ4n) is 0.981. The number of hydrogen-bond acceptors (Lipinski definition) is 4. The van der Waals surface area contributed by atoms with Gasteiger partial charge in [-0.3, -0.25) is 4.79 Å². The summed E-state index contributed by atoms with van der Waals surface area (Å²) in [6.45, 7) is 0.0769. The van der Waals surface area contributed by atoms with Crippen molar-refractivity contribution in [2.24, 2.45) is 0 Å². The quantitative estimate of drug-likeness (QED) is 0.605. The number of nitrogens with two attached hydrogens (primary N) is 1. The summed E-state index contributed by atoms with van der Waals surface area (Å²) < 4.78 is 22.6. The Morgan fingerprint density at radius 1 is 1.53 bits per heavy atom. The van der Waals surface area contributed by atoms with Crippen LogP contribution < -0.4 is 10.5 Å². The summed E-state index contributed by atoms with van der Waals surface area (Å²) in [6.07, 6.45) is 0.0836. The number of ether oxygens (including phenoxy) is 2. The van der Waals surface area contributed by atoms with Crippen LogP contribution in [0.15, 0.2) is 18.2 Å². The minimum absolute atomic E-state index is 0.0769. The maximum Gasteiger partial charge on any atom is 0.308 e. The molecule has 15 heavy (non-hydrogen) atoms. The van der Waals surface area contributed by atoms with Gasteiger partial charge in [0.2, 0.25) is 0 Å². The molecule has 0 radical (unpaired) electrons. The molecule has 0 atom stereocenters. The Balaban J connectivity index is 2.47. The van der Waals surface area contributed by atoms with Crippen LogP contribution in [0, 0.1) is 5.82 Å². The van der Waals surface area contributed by atoms with Crippen molar-refractivity contribution in [3.8, 4) is 5.75 Å². The standard InChI is InChI=1S/C10H12FNO3/c1-14-10(13)4-5-15-9-3-2-7(12)6-8(9)11/h2-3,6H,4-5,12H2,1H3. The summed E-state index contributed by atoms with van der Waals surface area (Å²) in [6, 6.07) is 4.10. The van der Waals surface area contributed by atoms with E-state index in [0.29, 0.717) is 5.69 Å². The molecule has 0 aromatic heterocycles. The molecule has 5 heteroatoms. The van der Waals surface area contributed by atoms with Gasteiger partial charge in [0.1, 0.15) is 0 Å². The zero-order chi connectivity index (χ0) is 11.3. The number of nitrogen functional groups attached to an aromatic ring is 1. The van der Waals surface area contributed by atoms with Gasteiger partial charge in [0.05, 0.1) is 20.1 Å². The van der Waals surface area contributed by atoms with Crippen molar-refractivity contribution < 1.29 is 18.7 Å². The van der Waals surface area contributed by atoms with Crippen LogP contribution in [-0.4, -0.2) is 19.7 Å². The zero-order valence-corrected chi connectivity index (χ0v) is 8.33. The molecule has 4 nitrogen and oxygen atoms in total. The predicted molar refractivity (Wildman–Crippen MR) is 52.9 cm³/mol. The number of anilines is 1. The Hall–Kier alpha value is -1.78. The third-order valence-electron chi connectivity index (χ3n) is 1.75. The molecule has 0 unspecified atom stereocenters. The van der Waals surface area contributed by atoms with Crippen LogP contribution in [0.1, 0.15) is 6.42 Å². The number of benzene rings is 1. The molecule has 0 aliphatic rings. The molecule has 2 N–H and O–H groups in total. The molecule has 0 fully saturated rings. The lowest BCUT2D eigenvalue weighted by molar-refractivity contribution is -0.141. The Morgan fingerprint density at radius 2 is 2.27 bits per heavy atom. The monoisotopic (exact) mass is 213 g/mol. The summed E-state index contributed by atoms with van der Waals surface area (Å²) in [5.41, 5.74) is 5.68. The van der Waals surface area contributed by atoms with Gasteiger partial charge in [-0.1, -0.05) is 0 Å². The number of esters is 1. The van der Waals surface area contributed by atoms with Crippen molar-refractivity contribution in [3.05, 3.63) is 24.0 Å². The van der Waals surface area contributed by atoms with Crippen molar-refractivity contribution in [1.82, 2.24) is 0 Å². The van der Waals surface area contributed by atoms with Gasteiger partial charge in [0, 0.05) is 11.8 Å². The average molecular weight is 213 g/mol. The second-order valence-electron chi connectivity index (χ2n) is 2.86. The van der Waals surface area contributed by atoms with E-state index in [1.54, 1.807) is 0 Å². The highest BCUT2D eigenvalue weighted by Crippen LogP contribution is 2.19. The smallest absolute Gasteiger partial charge is 0.308 e. The van der Waals surface area contributed by atoms with Crippen molar-refractivity contribution in [2.45, 2.75) is 6.42 Å². The summed E-state index contributed by atoms with van der Waals surface area (Å²) in [5, 5.41) is 0. The molecule has 0 saturated carbocycles. The highest BCUT2D eigenvalue weighted by atomic mass is 19.1. The van der Waals surface area contributed by atoms with Gasteiger partial charge in [-0.2, -0.15) is 0 Å². The topological polar surface area (TPSA) is 61.5 Å². The fourth-order valence-corrected chi connectivity index (χ4v) is 0.981. The first kappa shape index (κ1) is 11.3. The van der Waals surface area contributed by atoms with Crippen LogP contribution in [0.25, 0.3) is 0 Å². The van der Waals surface area contributed by atoms with Crippen LogP contribution in [0.5, 0.6) is 5.75 Å². The largest absolute Gasteiger partial charge is 0.490 e. The molecule has 0 saturated heterocycles. The van der Waals surface area contributed by atoms with Gasteiger partial charge in [0.25, 0.3) is 0 Å². The van der Waals surface area contributed by atoms with Gasteiger partial charge < -0.3 is 15.2 Å². The highest BCUT2D eigenvalue weighted by molar-refractivity contribution is 5.69. The van der Waals surface area contributed by atoms with Crippen molar-refractivity contribution >= 4 is 11.7 Å². The van der Waals surface area contributed by atoms with E-state index in [1.165, 1.54) is 19.2 Å². The molecule has 1 rings (SSSR count). The molecule has 0 heterocycles. The van der Waals surface area contributed by atoms with Gasteiger partial charge in [-0.25, -0.2) is 4.39 Å². The SMILES string of the molecule is COC(=O)CCOc1ccc(N)cc1F. The Bertz CT molecular complexity index is 355. The molecule has 1 aromatic rings. The maximum absolute atomic E-state index is 13.1. The Morgan fingerprint density at radius 3 is 2.87 bits per heavy atom. The molecule has 0 aliphatic carbocycles. The summed E-state index contributed by atoms with van der Waals surface area (Å²) in [7, 11) is 1.28. The molecule has 0 spiro atoms. The van der Waals surface area contributed by atoms with E-state index in [-0.39, 0.29) is 18.8 Å². The first-order chi connectivity index (χ1) is 7.13. The number of methoxy groups -OCH3 is 1. The van der Waals surface area contributed by atoms with E-state index in [9.17, 15) is 9.18 Å². The summed E-state index contributed by atoms with van der Waals surface area (Å²) in [4.78, 5) is 10.7. The molecular formula is C10H12FNO3. The van der Waals surface area contributed by atoms with Gasteiger partial charge in [-0.05, 0) is 12.1 Å². The third-order valence-corrected chi connectivity index (χ3v) is 1.75. The minimum atomic E-state index is -0.542. The first-order valence-corrected chi connectivity index (χ1v) is 4.38. The van der Waals surface area contributed by atoms with Gasteiger partial charge >= 0.3 is 5.97 Å². The molecule has 0 amide bonds. The van der Waals surface area contributed by atoms with Gasteiger partial charge in [0.15, 0.2) is 11.6 Å². The van der Waals surface area contributed by atoms with Crippen LogP contribution in [0.3, 0.4) is 0 Å². The second kappa shape index (κ2) is 5.19. The number of hydrogen-bond donors (Lipinski definition) is 1. The van der Waals surface area contributed by atoms with Crippen LogP contribution in [0.4, 0.5) is 10.1 Å². The molecular weight excluding hydrogens is 201 g/mol. The average Bonchev–Trinajstić information content (AvgIpc) is 2.21. The lowest BCUT2D eigenvalue weighted by Gasteiger charge is -2.06. The lowest BCUT2D eigenvalue weighted by atomic mass is 10.3. The second-order valence-corrected chi connectivity index (χ2v) is 2.86. The maximum atomic E-state index is 13.1. The van der Waals surface area contributed by atoms with Crippen molar-refractivity contribution in [1.29, 1.82) is 0 Å². The van der Waals surface area contributed by atoms with E-state index in [4.69, 9.17) is 10.5 Å². The van der Waals surface area contributed by atoms with Crippen molar-refractivity contribution in [3.63, 3.8) is 0 Å². The molecule has 0 aliphatic heterocycles. The first-order valence-electron chi connectivity index (χ1n) is 4.38. The number of carbonyl (C=O) groups excluding carboxylic acids is 1. The van der Waals surface area contributed by atoms with Crippen molar-refractivity contribution in [2.75, 3.05) is 19.5 Å². The summed E-state index contributed by atoms with van der Waals surface area (Å²) >= 11 is 0. The van der Waals surface area contributed by atoms with Crippen LogP contribution in [0.2, 0.25) is 0 Å². The van der Waals surface area contributed by atoms with E-state index >= 15 is 0 Å². The molecule has 1 aromatic carbocycles. The highest BCUT2D eigenvalue weighted by Gasteiger charge is 2.05. The third kappa shape index (κ3) is 3.46. The van der Waals surface area contributed by atoms with Crippen LogP contribution in [-0.2, 0) is 9.53 Å². The predicted octanol–water partition coefficient (Wildman–Crippen LogP) is 1.35. The number of rotatable bonds is 4. The normalized spacial score (nSPS) is 9.73. The number of halogens is 1. The van der Waals surface area contributed by atoms with E-state index in [2.05, 4.69) is 4.74 Å². The minimum Gasteiger partial charge on any atom is -0.490 e. The van der Waals surface area contributed by atoms with Crippen LogP contribution >= 0.6 is 0 Å². The van der Waals surface area contributed by atoms with Gasteiger partial charge in [-0.15, -0.1) is 0 Å². The number of carbonyl (C=O) groups is 1. The Kier molecular flexibility index (Phi) is 3.91. The van der Waals surface area contributed by atoms with E-state index in [0.717, 1.165) is 6.07 Å². The summed E-state index contributed by atoms with van der Waals surface area (Å²) in [5.74, 6) is -0.862. The zero-order valence-electron chi connectivity index (χ0n) is 8.33. The fraction of sp³-hybridized carbons (Fsp3) is 0.300. The van der Waals surface area contributed by atoms with E-state index < -0.39 is 11.8 Å². The lowest BCUT2D eigenvalue weighted by Crippen LogP contribution is -2.08. The Labute approximate surface area is 86.8 Å². The van der Waals surface area contributed by atoms with E-state index in [1.807, 2.05) is 0 Å².